The fourth-order valence-electron chi connectivity index (χ4n) is 6.25. The maximum absolute atomic E-state index is 13.4. The van der Waals surface area contributed by atoms with Gasteiger partial charge in [0.2, 0.25) is 12.5 Å². The molecule has 0 saturated heterocycles. The van der Waals surface area contributed by atoms with Crippen LogP contribution in [0.4, 0.5) is 0 Å². The molecule has 0 aromatic heterocycles. The van der Waals surface area contributed by atoms with Crippen LogP contribution in [0.15, 0.2) is 48.5 Å². The van der Waals surface area contributed by atoms with Gasteiger partial charge in [-0.05, 0) is 68.7 Å². The van der Waals surface area contributed by atoms with Gasteiger partial charge in [0.15, 0.2) is 0 Å². The molecule has 2 aromatic rings. The molecule has 2 aromatic carbocycles. The Balaban J connectivity index is 0.000000872. The van der Waals surface area contributed by atoms with Gasteiger partial charge in [-0.15, -0.1) is 12.8 Å². The van der Waals surface area contributed by atoms with Gasteiger partial charge in [0, 0.05) is 18.9 Å². The first-order chi connectivity index (χ1) is 27.6. The second-order valence-corrected chi connectivity index (χ2v) is 13.5. The average molecular weight is 787 g/mol. The van der Waals surface area contributed by atoms with Crippen LogP contribution in [0.2, 0.25) is 0 Å². The second kappa shape index (κ2) is 34.0. The molecule has 4 N–H and O–H groups in total. The van der Waals surface area contributed by atoms with Crippen LogP contribution < -0.4 is 20.5 Å². The number of para-hydroxylation sites is 2. The molecule has 2 aliphatic rings. The lowest BCUT2D eigenvalue weighted by atomic mass is 9.82. The summed E-state index contributed by atoms with van der Waals surface area (Å²) in [6.45, 7) is 12.3. The van der Waals surface area contributed by atoms with Gasteiger partial charge in [0.05, 0.1) is 32.9 Å². The molecule has 2 fully saturated rings. The van der Waals surface area contributed by atoms with E-state index < -0.39 is 12.0 Å². The number of aldehydes is 1. The van der Waals surface area contributed by atoms with Gasteiger partial charge >= 0.3 is 5.97 Å². The van der Waals surface area contributed by atoms with Crippen LogP contribution in [0.25, 0.3) is 4.85 Å². The van der Waals surface area contributed by atoms with Crippen molar-refractivity contribution in [2.24, 2.45) is 17.6 Å². The highest BCUT2D eigenvalue weighted by Crippen LogP contribution is 2.31. The minimum absolute atomic E-state index is 0.0965. The largest absolute Gasteiger partial charge is 0.496 e. The minimum atomic E-state index is -0.970. The van der Waals surface area contributed by atoms with Crippen molar-refractivity contribution in [3.63, 3.8) is 0 Å². The molecule has 2 saturated carbocycles. The normalized spacial score (nSPS) is 13.6. The fourth-order valence-corrected chi connectivity index (χ4v) is 6.25. The number of carbonyl (C=O) groups is 4. The number of carboxylic acids is 1. The molecule has 1 unspecified atom stereocenters. The Labute approximate surface area is 342 Å². The standard InChI is InChI=1S/C23H32N2O3.C8H8O3.C7H12O.C5H9N.C3H5N/c1-4-6-16-24-22(26)21(18-12-8-7-9-13-18)25(17-5-2)23(27)19-14-10-11-15-20(19)28-3;1-11-7-5-3-2-4-6(7)8(9)10;8-6-7-4-2-1-3-5-7;1-3-4-5-6-2;1-2-3-4/h2,10-11,14-15,18,21H,4,6-9,12-13,16-17H2,1,3H3,(H,24,26);2-5H,1H3,(H,9,10);6-7H,1-5H2;3-5H2,1H3;1H,3-4H2. The van der Waals surface area contributed by atoms with E-state index in [0.717, 1.165) is 70.5 Å². The van der Waals surface area contributed by atoms with Crippen LogP contribution in [0.5, 0.6) is 11.5 Å². The molecule has 0 radical (unpaired) electrons. The van der Waals surface area contributed by atoms with E-state index in [1.54, 1.807) is 41.3 Å². The summed E-state index contributed by atoms with van der Waals surface area (Å²) in [5, 5.41) is 11.6. The fraction of sp³-hybridized carbons (Fsp3) is 0.543. The molecule has 11 nitrogen and oxygen atoms in total. The number of methoxy groups -OCH3 is 2. The minimum Gasteiger partial charge on any atom is -0.496 e. The van der Waals surface area contributed by atoms with E-state index in [1.165, 1.54) is 46.0 Å². The Morgan fingerprint density at radius 1 is 0.895 bits per heavy atom. The number of carboxylic acid groups (broad SMARTS) is 1. The van der Waals surface area contributed by atoms with Crippen molar-refractivity contribution in [2.45, 2.75) is 110 Å². The summed E-state index contributed by atoms with van der Waals surface area (Å²) >= 11 is 0. The summed E-state index contributed by atoms with van der Waals surface area (Å²) in [5.41, 5.74) is 5.41. The number of benzene rings is 2. The number of nitrogens with zero attached hydrogens (tertiary/aromatic N) is 2. The summed E-state index contributed by atoms with van der Waals surface area (Å²) in [7, 11) is 2.98. The zero-order valence-corrected chi connectivity index (χ0v) is 34.7. The number of unbranched alkanes of at least 4 members (excludes halogenated alkanes) is 2. The number of hydrogen-bond acceptors (Lipinski definition) is 7. The van der Waals surface area contributed by atoms with Crippen LogP contribution in [0.1, 0.15) is 124 Å². The average Bonchev–Trinajstić information content (AvgIpc) is 3.26. The number of amides is 2. The number of ether oxygens (including phenoxy) is 2. The summed E-state index contributed by atoms with van der Waals surface area (Å²) in [4.78, 5) is 51.9. The number of aromatic carboxylic acids is 1. The Morgan fingerprint density at radius 2 is 1.40 bits per heavy atom. The van der Waals surface area contributed by atoms with Crippen molar-refractivity contribution in [1.82, 2.24) is 10.2 Å². The predicted molar refractivity (Wildman–Crippen MR) is 228 cm³/mol. The van der Waals surface area contributed by atoms with Crippen LogP contribution >= 0.6 is 0 Å². The summed E-state index contributed by atoms with van der Waals surface area (Å²) < 4.78 is 10.2. The number of nitrogens with two attached hydrogens (primary N) is 1. The number of terminal acetylenes is 2. The van der Waals surface area contributed by atoms with E-state index in [9.17, 15) is 19.2 Å². The van der Waals surface area contributed by atoms with Crippen LogP contribution in [0, 0.1) is 43.1 Å². The maximum atomic E-state index is 13.4. The summed E-state index contributed by atoms with van der Waals surface area (Å²) in [6.07, 6.45) is 26.8. The molecule has 0 bridgehead atoms. The number of nitrogens with one attached hydrogen (secondary N) is 1. The number of hydrogen-bond donors (Lipinski definition) is 3. The van der Waals surface area contributed by atoms with Crippen LogP contribution in [-0.4, -0.2) is 80.5 Å². The Morgan fingerprint density at radius 3 is 1.81 bits per heavy atom. The molecule has 0 spiro atoms. The molecule has 0 heterocycles. The van der Waals surface area contributed by atoms with E-state index in [-0.39, 0.29) is 29.8 Å². The maximum Gasteiger partial charge on any atom is 0.339 e. The molecule has 312 valence electrons. The van der Waals surface area contributed by atoms with Crippen molar-refractivity contribution >= 4 is 24.1 Å². The highest BCUT2D eigenvalue weighted by Gasteiger charge is 2.37. The summed E-state index contributed by atoms with van der Waals surface area (Å²) in [6, 6.07) is 13.0. The van der Waals surface area contributed by atoms with Crippen LogP contribution in [-0.2, 0) is 9.59 Å². The van der Waals surface area contributed by atoms with Crippen LogP contribution in [0.3, 0.4) is 0 Å². The molecule has 0 aliphatic heterocycles. The Bertz CT molecular complexity index is 1550. The van der Waals surface area contributed by atoms with Gasteiger partial charge < -0.3 is 40.2 Å². The Hall–Kier alpha value is -5.31. The quantitative estimate of drug-likeness (QED) is 0.0753. The van der Waals surface area contributed by atoms with Crippen molar-refractivity contribution in [2.75, 3.05) is 40.4 Å². The van der Waals surface area contributed by atoms with Crippen molar-refractivity contribution in [3.8, 4) is 36.2 Å². The smallest absolute Gasteiger partial charge is 0.339 e. The lowest BCUT2D eigenvalue weighted by molar-refractivity contribution is -0.127. The predicted octanol–water partition coefficient (Wildman–Crippen LogP) is 8.08. The van der Waals surface area contributed by atoms with E-state index in [0.29, 0.717) is 42.6 Å². The lowest BCUT2D eigenvalue weighted by Gasteiger charge is -2.37. The summed E-state index contributed by atoms with van der Waals surface area (Å²) in [5.74, 6) is 4.88. The second-order valence-electron chi connectivity index (χ2n) is 13.5. The number of carbonyl (C=O) groups excluding carboxylic acids is 3. The molecule has 1 atom stereocenters. The van der Waals surface area contributed by atoms with E-state index in [1.807, 2.05) is 6.07 Å². The first kappa shape index (κ1) is 51.7. The number of rotatable bonds is 14. The van der Waals surface area contributed by atoms with E-state index >= 15 is 0 Å². The van der Waals surface area contributed by atoms with E-state index in [2.05, 4.69) is 42.3 Å². The first-order valence-corrected chi connectivity index (χ1v) is 20.1. The third-order valence-corrected chi connectivity index (χ3v) is 9.31. The molecule has 57 heavy (non-hydrogen) atoms. The van der Waals surface area contributed by atoms with Crippen molar-refractivity contribution < 1.29 is 33.8 Å². The van der Waals surface area contributed by atoms with Crippen molar-refractivity contribution in [1.29, 1.82) is 0 Å². The molecule has 4 rings (SSSR count). The first-order valence-electron chi connectivity index (χ1n) is 20.1. The van der Waals surface area contributed by atoms with E-state index in [4.69, 9.17) is 33.3 Å². The van der Waals surface area contributed by atoms with Gasteiger partial charge in [-0.3, -0.25) is 9.59 Å². The lowest BCUT2D eigenvalue weighted by Crippen LogP contribution is -2.54. The zero-order chi connectivity index (χ0) is 42.7. The third-order valence-electron chi connectivity index (χ3n) is 9.31. The molecule has 2 aliphatic carbocycles. The van der Waals surface area contributed by atoms with Gasteiger partial charge in [0.25, 0.3) is 5.91 Å². The van der Waals surface area contributed by atoms with Gasteiger partial charge in [-0.1, -0.05) is 94.9 Å². The molecule has 11 heteroatoms. The van der Waals surface area contributed by atoms with Gasteiger partial charge in [-0.2, -0.15) is 0 Å². The molecular formula is C46H66N4O7. The van der Waals surface area contributed by atoms with Gasteiger partial charge in [0.1, 0.15) is 29.4 Å². The highest BCUT2D eigenvalue weighted by molar-refractivity contribution is 6.00. The zero-order valence-electron chi connectivity index (χ0n) is 34.7. The topological polar surface area (TPSA) is 153 Å². The molecule has 2 amide bonds. The highest BCUT2D eigenvalue weighted by atomic mass is 16.5. The monoisotopic (exact) mass is 786 g/mol. The Kier molecular flexibility index (Phi) is 30.8. The van der Waals surface area contributed by atoms with Crippen molar-refractivity contribution in [3.05, 3.63) is 71.1 Å². The SMILES string of the molecule is C#CCN.C#CCN(C(=O)c1ccccc1OC)C(C(=O)NCCCC)C1CCCCC1.COc1ccccc1C(=O)O.O=CC1CCCCC1.[C-]#[N+]CCCC. The third kappa shape index (κ3) is 21.5. The van der Waals surface area contributed by atoms with Gasteiger partial charge in [-0.25, -0.2) is 11.4 Å². The molecular weight excluding hydrogens is 721 g/mol.